The molecular weight excluding hydrogens is 338 g/mol. The average Bonchev–Trinajstić information content (AvgIpc) is 3.26. The summed E-state index contributed by atoms with van der Waals surface area (Å²) in [6.07, 6.45) is 5.76. The van der Waals surface area contributed by atoms with Crippen LogP contribution >= 0.6 is 0 Å². The smallest absolute Gasteiger partial charge is 0.328 e. The van der Waals surface area contributed by atoms with Crippen molar-refractivity contribution in [3.63, 3.8) is 0 Å². The van der Waals surface area contributed by atoms with Crippen molar-refractivity contribution in [3.05, 3.63) is 48.3 Å². The molecule has 1 aliphatic rings. The van der Waals surface area contributed by atoms with Gasteiger partial charge in [-0.15, -0.1) is 0 Å². The second-order valence-corrected chi connectivity index (χ2v) is 5.82. The van der Waals surface area contributed by atoms with Crippen molar-refractivity contribution in [2.75, 3.05) is 26.2 Å². The van der Waals surface area contributed by atoms with Crippen molar-refractivity contribution in [3.8, 4) is 0 Å². The highest BCUT2D eigenvalue weighted by atomic mass is 16.5. The second kappa shape index (κ2) is 10.3. The van der Waals surface area contributed by atoms with Gasteiger partial charge < -0.3 is 19.8 Å². The van der Waals surface area contributed by atoms with E-state index in [-0.39, 0.29) is 0 Å². The molecule has 1 saturated heterocycles. The SMILES string of the molecule is O=C(O)C=CC(=O)O.c1ccn2nc(COCCN3CCCC3)cc2c1. The monoisotopic (exact) mass is 361 g/mol. The molecule has 1 aliphatic heterocycles. The molecule has 3 heterocycles. The lowest BCUT2D eigenvalue weighted by Crippen LogP contribution is -2.23. The van der Waals surface area contributed by atoms with Gasteiger partial charge in [0.1, 0.15) is 0 Å². The van der Waals surface area contributed by atoms with E-state index in [9.17, 15) is 9.59 Å². The summed E-state index contributed by atoms with van der Waals surface area (Å²) < 4.78 is 7.58. The molecule has 0 saturated carbocycles. The van der Waals surface area contributed by atoms with Crippen molar-refractivity contribution < 1.29 is 24.5 Å². The molecule has 0 aromatic carbocycles. The Hall–Kier alpha value is -2.71. The fourth-order valence-corrected chi connectivity index (χ4v) is 2.58. The highest BCUT2D eigenvalue weighted by Gasteiger charge is 2.10. The maximum absolute atomic E-state index is 9.55. The fourth-order valence-electron chi connectivity index (χ4n) is 2.58. The number of aromatic nitrogens is 2. The molecule has 0 atom stereocenters. The van der Waals surface area contributed by atoms with E-state index in [1.54, 1.807) is 0 Å². The molecule has 0 aliphatic carbocycles. The molecule has 2 aromatic heterocycles. The van der Waals surface area contributed by atoms with Crippen LogP contribution in [0.4, 0.5) is 0 Å². The third-order valence-corrected chi connectivity index (χ3v) is 3.79. The third-order valence-electron chi connectivity index (χ3n) is 3.79. The van der Waals surface area contributed by atoms with Crippen LogP contribution in [0.3, 0.4) is 0 Å². The van der Waals surface area contributed by atoms with Crippen molar-refractivity contribution >= 4 is 17.5 Å². The Balaban J connectivity index is 0.000000260. The zero-order chi connectivity index (χ0) is 18.8. The molecule has 8 heteroatoms. The normalized spacial score (nSPS) is 14.5. The molecular formula is C18H23N3O5. The largest absolute Gasteiger partial charge is 0.478 e. The van der Waals surface area contributed by atoms with E-state index in [2.05, 4.69) is 22.1 Å². The summed E-state index contributed by atoms with van der Waals surface area (Å²) >= 11 is 0. The predicted molar refractivity (Wildman–Crippen MR) is 94.9 cm³/mol. The molecule has 2 N–H and O–H groups in total. The molecule has 8 nitrogen and oxygen atoms in total. The molecule has 0 bridgehead atoms. The van der Waals surface area contributed by atoms with Gasteiger partial charge in [0.25, 0.3) is 0 Å². The lowest BCUT2D eigenvalue weighted by molar-refractivity contribution is -0.134. The molecule has 2 aromatic rings. The Bertz CT molecular complexity index is 701. The summed E-state index contributed by atoms with van der Waals surface area (Å²) in [5.74, 6) is -2.51. The van der Waals surface area contributed by atoms with E-state index in [1.807, 2.05) is 22.8 Å². The van der Waals surface area contributed by atoms with Crippen molar-refractivity contribution in [1.82, 2.24) is 14.5 Å². The van der Waals surface area contributed by atoms with Crippen molar-refractivity contribution in [2.24, 2.45) is 0 Å². The number of carboxylic acids is 2. The molecule has 0 unspecified atom stereocenters. The van der Waals surface area contributed by atoms with E-state index >= 15 is 0 Å². The first kappa shape index (κ1) is 19.6. The lowest BCUT2D eigenvalue weighted by atomic mass is 10.4. The first-order valence-electron chi connectivity index (χ1n) is 8.42. The van der Waals surface area contributed by atoms with Gasteiger partial charge in [-0.25, -0.2) is 14.1 Å². The van der Waals surface area contributed by atoms with Gasteiger partial charge in [0.05, 0.1) is 24.4 Å². The van der Waals surface area contributed by atoms with Crippen LogP contribution in [0.5, 0.6) is 0 Å². The van der Waals surface area contributed by atoms with Gasteiger partial charge in [0, 0.05) is 24.9 Å². The number of hydrogen-bond acceptors (Lipinski definition) is 5. The van der Waals surface area contributed by atoms with Crippen LogP contribution in [0.15, 0.2) is 42.6 Å². The van der Waals surface area contributed by atoms with Gasteiger partial charge in [-0.05, 0) is 44.1 Å². The Kier molecular flexibility index (Phi) is 7.78. The minimum Gasteiger partial charge on any atom is -0.478 e. The fraction of sp³-hybridized carbons (Fsp3) is 0.389. The van der Waals surface area contributed by atoms with E-state index < -0.39 is 11.9 Å². The van der Waals surface area contributed by atoms with E-state index in [0.717, 1.165) is 24.4 Å². The zero-order valence-corrected chi connectivity index (χ0v) is 14.5. The van der Waals surface area contributed by atoms with Gasteiger partial charge in [-0.1, -0.05) is 6.07 Å². The Morgan fingerprint density at radius 1 is 1.15 bits per heavy atom. The molecule has 0 radical (unpaired) electrons. The number of fused-ring (bicyclic) bond motifs is 1. The van der Waals surface area contributed by atoms with E-state index in [4.69, 9.17) is 14.9 Å². The molecule has 0 spiro atoms. The number of aliphatic carboxylic acids is 2. The van der Waals surface area contributed by atoms with Gasteiger partial charge in [-0.2, -0.15) is 5.10 Å². The van der Waals surface area contributed by atoms with Crippen LogP contribution in [0, 0.1) is 0 Å². The highest BCUT2D eigenvalue weighted by molar-refractivity contribution is 5.89. The number of pyridine rings is 1. The number of rotatable bonds is 7. The van der Waals surface area contributed by atoms with Crippen molar-refractivity contribution in [2.45, 2.75) is 19.4 Å². The lowest BCUT2D eigenvalue weighted by Gasteiger charge is -2.13. The third kappa shape index (κ3) is 7.04. The number of hydrogen-bond donors (Lipinski definition) is 2. The molecule has 1 fully saturated rings. The van der Waals surface area contributed by atoms with Crippen LogP contribution < -0.4 is 0 Å². The predicted octanol–water partition coefficient (Wildman–Crippen LogP) is 1.66. The molecule has 3 rings (SSSR count). The quantitative estimate of drug-likeness (QED) is 0.571. The average molecular weight is 361 g/mol. The van der Waals surface area contributed by atoms with E-state index in [0.29, 0.717) is 18.8 Å². The Labute approximate surface area is 151 Å². The second-order valence-electron chi connectivity index (χ2n) is 5.82. The molecule has 140 valence electrons. The maximum atomic E-state index is 9.55. The molecule has 26 heavy (non-hydrogen) atoms. The van der Waals surface area contributed by atoms with Crippen LogP contribution in [0.1, 0.15) is 18.5 Å². The molecule has 0 amide bonds. The summed E-state index contributed by atoms with van der Waals surface area (Å²) in [5, 5.41) is 20.1. The number of carboxylic acid groups (broad SMARTS) is 2. The maximum Gasteiger partial charge on any atom is 0.328 e. The Morgan fingerprint density at radius 2 is 1.85 bits per heavy atom. The van der Waals surface area contributed by atoms with Gasteiger partial charge in [-0.3, -0.25) is 0 Å². The summed E-state index contributed by atoms with van der Waals surface area (Å²) in [5.41, 5.74) is 2.12. The first-order chi connectivity index (χ1) is 12.5. The van der Waals surface area contributed by atoms with E-state index in [1.165, 1.54) is 25.9 Å². The Morgan fingerprint density at radius 3 is 2.46 bits per heavy atom. The van der Waals surface area contributed by atoms with Crippen LogP contribution in [0.2, 0.25) is 0 Å². The van der Waals surface area contributed by atoms with Gasteiger partial charge in [0.2, 0.25) is 0 Å². The number of likely N-dealkylation sites (tertiary alicyclic amines) is 1. The zero-order valence-electron chi connectivity index (χ0n) is 14.5. The van der Waals surface area contributed by atoms with Gasteiger partial charge in [0.15, 0.2) is 0 Å². The minimum atomic E-state index is -1.26. The summed E-state index contributed by atoms with van der Waals surface area (Å²) in [6, 6.07) is 8.14. The first-order valence-corrected chi connectivity index (χ1v) is 8.42. The summed E-state index contributed by atoms with van der Waals surface area (Å²) in [7, 11) is 0. The highest BCUT2D eigenvalue weighted by Crippen LogP contribution is 2.08. The van der Waals surface area contributed by atoms with Crippen LogP contribution in [-0.4, -0.2) is 62.9 Å². The number of ether oxygens (including phenoxy) is 1. The van der Waals surface area contributed by atoms with Gasteiger partial charge >= 0.3 is 11.9 Å². The van der Waals surface area contributed by atoms with Crippen molar-refractivity contribution in [1.29, 1.82) is 0 Å². The van der Waals surface area contributed by atoms with Crippen LogP contribution in [0.25, 0.3) is 5.52 Å². The number of nitrogens with zero attached hydrogens (tertiary/aromatic N) is 3. The standard InChI is InChI=1S/C14H19N3O.C4H4O4/c1-2-8-17-14(5-1)11-13(15-17)12-18-10-9-16-6-3-4-7-16;5-3(6)1-2-4(7)8/h1-2,5,8,11H,3-4,6-7,9-10,12H2;1-2H,(H,5,6)(H,7,8). The summed E-state index contributed by atoms with van der Waals surface area (Å²) in [4.78, 5) is 21.6. The topological polar surface area (TPSA) is 104 Å². The summed E-state index contributed by atoms with van der Waals surface area (Å²) in [6.45, 7) is 4.92. The van der Waals surface area contributed by atoms with Crippen LogP contribution in [-0.2, 0) is 20.9 Å². The number of carbonyl (C=O) groups is 2. The minimum absolute atomic E-state index is 0.558.